The number of amides is 1. The van der Waals surface area contributed by atoms with Gasteiger partial charge >= 0.3 is 5.97 Å². The molecule has 0 saturated heterocycles. The Morgan fingerprint density at radius 3 is 2.31 bits per heavy atom. The lowest BCUT2D eigenvalue weighted by molar-refractivity contribution is -0.134. The lowest BCUT2D eigenvalue weighted by Gasteiger charge is -2.23. The summed E-state index contributed by atoms with van der Waals surface area (Å²) >= 11 is 0. The number of hydrogen-bond acceptors (Lipinski definition) is 4. The first-order valence-electron chi connectivity index (χ1n) is 12.8. The SMILES string of the molecule is COC(=O)/C=C/c1cccc(N(C)C(=O)CC(C)(C)C)c1.COc1ccc(C2CCCCC2)cc1C. The summed E-state index contributed by atoms with van der Waals surface area (Å²) < 4.78 is 9.84. The average Bonchev–Trinajstić information content (AvgIpc) is 2.86. The van der Waals surface area contributed by atoms with E-state index in [4.69, 9.17) is 4.74 Å². The van der Waals surface area contributed by atoms with Gasteiger partial charge in [0.05, 0.1) is 14.2 Å². The van der Waals surface area contributed by atoms with Crippen molar-refractivity contribution in [1.29, 1.82) is 0 Å². The topological polar surface area (TPSA) is 55.8 Å². The van der Waals surface area contributed by atoms with E-state index in [1.807, 2.05) is 45.0 Å². The average molecular weight is 494 g/mol. The number of methoxy groups -OCH3 is 2. The number of hydrogen-bond donors (Lipinski definition) is 0. The summed E-state index contributed by atoms with van der Waals surface area (Å²) in [5.74, 6) is 1.46. The molecule has 3 rings (SSSR count). The zero-order chi connectivity index (χ0) is 26.7. The smallest absolute Gasteiger partial charge is 0.330 e. The van der Waals surface area contributed by atoms with E-state index in [1.165, 1.54) is 56.4 Å². The van der Waals surface area contributed by atoms with E-state index in [0.29, 0.717) is 6.42 Å². The normalized spacial score (nSPS) is 14.1. The summed E-state index contributed by atoms with van der Waals surface area (Å²) in [5, 5.41) is 0. The molecule has 1 aliphatic rings. The second-order valence-corrected chi connectivity index (χ2v) is 10.7. The predicted octanol–water partition coefficient (Wildman–Crippen LogP) is 7.32. The Kier molecular flexibility index (Phi) is 11.2. The van der Waals surface area contributed by atoms with E-state index in [0.717, 1.165) is 22.9 Å². The van der Waals surface area contributed by atoms with Gasteiger partial charge in [-0.1, -0.05) is 64.3 Å². The zero-order valence-electron chi connectivity index (χ0n) is 23.1. The van der Waals surface area contributed by atoms with Gasteiger partial charge in [0.15, 0.2) is 0 Å². The Labute approximate surface area is 217 Å². The summed E-state index contributed by atoms with van der Waals surface area (Å²) in [6.45, 7) is 8.24. The van der Waals surface area contributed by atoms with Crippen LogP contribution in [0.15, 0.2) is 48.5 Å². The number of anilines is 1. The number of carbonyl (C=O) groups is 2. The molecule has 1 aliphatic carbocycles. The number of carbonyl (C=O) groups excluding carboxylic acids is 2. The molecule has 0 spiro atoms. The van der Waals surface area contributed by atoms with Crippen molar-refractivity contribution in [3.05, 3.63) is 65.2 Å². The van der Waals surface area contributed by atoms with Crippen molar-refractivity contribution in [2.75, 3.05) is 26.2 Å². The van der Waals surface area contributed by atoms with Crippen LogP contribution in [-0.2, 0) is 14.3 Å². The van der Waals surface area contributed by atoms with Crippen molar-refractivity contribution < 1.29 is 19.1 Å². The number of nitrogens with zero attached hydrogens (tertiary/aromatic N) is 1. The maximum Gasteiger partial charge on any atom is 0.330 e. The summed E-state index contributed by atoms with van der Waals surface area (Å²) in [6.07, 6.45) is 10.5. The highest BCUT2D eigenvalue weighted by Gasteiger charge is 2.20. The largest absolute Gasteiger partial charge is 0.496 e. The minimum absolute atomic E-state index is 0.0479. The molecule has 1 amide bonds. The maximum atomic E-state index is 12.2. The molecule has 0 N–H and O–H groups in total. The molecule has 1 fully saturated rings. The van der Waals surface area contributed by atoms with Gasteiger partial charge in [0.2, 0.25) is 5.91 Å². The van der Waals surface area contributed by atoms with Crippen molar-refractivity contribution in [3.63, 3.8) is 0 Å². The molecular weight excluding hydrogens is 450 g/mol. The third-order valence-corrected chi connectivity index (χ3v) is 6.42. The van der Waals surface area contributed by atoms with Crippen LogP contribution in [0.5, 0.6) is 5.75 Å². The predicted molar refractivity (Wildman–Crippen MR) is 149 cm³/mol. The van der Waals surface area contributed by atoms with Crippen LogP contribution < -0.4 is 9.64 Å². The molecule has 0 heterocycles. The highest BCUT2D eigenvalue weighted by molar-refractivity contribution is 5.93. The van der Waals surface area contributed by atoms with Crippen molar-refractivity contribution in [1.82, 2.24) is 0 Å². The molecule has 5 heteroatoms. The third kappa shape index (κ3) is 9.52. The van der Waals surface area contributed by atoms with Crippen molar-refractivity contribution >= 4 is 23.6 Å². The van der Waals surface area contributed by atoms with Crippen LogP contribution in [0.1, 0.15) is 81.9 Å². The van der Waals surface area contributed by atoms with Crippen LogP contribution in [0.25, 0.3) is 6.08 Å². The van der Waals surface area contributed by atoms with Gasteiger partial charge in [-0.15, -0.1) is 0 Å². The minimum atomic E-state index is -0.405. The highest BCUT2D eigenvalue weighted by atomic mass is 16.5. The Balaban J connectivity index is 0.000000267. The Hall–Kier alpha value is -3.08. The fraction of sp³-hybridized carbons (Fsp3) is 0.484. The van der Waals surface area contributed by atoms with Gasteiger partial charge in [0, 0.05) is 25.2 Å². The van der Waals surface area contributed by atoms with Gasteiger partial charge in [0.1, 0.15) is 5.75 Å². The molecule has 0 bridgehead atoms. The summed E-state index contributed by atoms with van der Waals surface area (Å²) in [7, 11) is 4.84. The standard InChI is InChI=1S/C17H23NO3.C14H20O/c1-17(2,3)12-15(19)18(4)14-8-6-7-13(11-14)9-10-16(20)21-5;1-11-10-13(8-9-14(11)15-2)12-6-4-3-5-7-12/h6-11H,12H2,1-5H3;8-10,12H,3-7H2,1-2H3/b10-9+;. The maximum absolute atomic E-state index is 12.2. The molecule has 36 heavy (non-hydrogen) atoms. The van der Waals surface area contributed by atoms with Crippen LogP contribution >= 0.6 is 0 Å². The Morgan fingerprint density at radius 2 is 1.72 bits per heavy atom. The number of aryl methyl sites for hydroxylation is 1. The molecule has 196 valence electrons. The van der Waals surface area contributed by atoms with E-state index < -0.39 is 5.97 Å². The Bertz CT molecular complexity index is 1030. The lowest BCUT2D eigenvalue weighted by atomic mass is 9.83. The van der Waals surface area contributed by atoms with Crippen LogP contribution in [0.3, 0.4) is 0 Å². The van der Waals surface area contributed by atoms with Crippen molar-refractivity contribution in [3.8, 4) is 5.75 Å². The molecule has 0 atom stereocenters. The van der Waals surface area contributed by atoms with Gasteiger partial charge in [0.25, 0.3) is 0 Å². The van der Waals surface area contributed by atoms with Gasteiger partial charge < -0.3 is 14.4 Å². The second kappa shape index (κ2) is 13.9. The van der Waals surface area contributed by atoms with E-state index in [9.17, 15) is 9.59 Å². The molecule has 1 saturated carbocycles. The highest BCUT2D eigenvalue weighted by Crippen LogP contribution is 2.34. The van der Waals surface area contributed by atoms with E-state index in [-0.39, 0.29) is 11.3 Å². The Morgan fingerprint density at radius 1 is 1.03 bits per heavy atom. The van der Waals surface area contributed by atoms with E-state index in [2.05, 4.69) is 29.9 Å². The molecule has 2 aromatic rings. The first-order valence-corrected chi connectivity index (χ1v) is 12.8. The van der Waals surface area contributed by atoms with Crippen LogP contribution in [0.2, 0.25) is 0 Å². The number of rotatable bonds is 6. The monoisotopic (exact) mass is 493 g/mol. The molecule has 0 aliphatic heterocycles. The van der Waals surface area contributed by atoms with E-state index in [1.54, 1.807) is 25.1 Å². The quantitative estimate of drug-likeness (QED) is 0.312. The second-order valence-electron chi connectivity index (χ2n) is 10.7. The first-order chi connectivity index (χ1) is 17.0. The number of esters is 1. The van der Waals surface area contributed by atoms with Crippen LogP contribution in [0.4, 0.5) is 5.69 Å². The van der Waals surface area contributed by atoms with Gasteiger partial charge in [-0.2, -0.15) is 0 Å². The molecule has 0 aromatic heterocycles. The first kappa shape index (κ1) is 29.2. The summed E-state index contributed by atoms with van der Waals surface area (Å²) in [6, 6.07) is 14.1. The molecule has 0 unspecified atom stereocenters. The molecule has 0 radical (unpaired) electrons. The van der Waals surface area contributed by atoms with Gasteiger partial charge in [-0.25, -0.2) is 4.79 Å². The van der Waals surface area contributed by atoms with Gasteiger partial charge in [-0.05, 0) is 72.1 Å². The van der Waals surface area contributed by atoms with Gasteiger partial charge in [-0.3, -0.25) is 4.79 Å². The van der Waals surface area contributed by atoms with Crippen LogP contribution in [-0.4, -0.2) is 33.1 Å². The lowest BCUT2D eigenvalue weighted by Crippen LogP contribution is -2.29. The molecular formula is C31H43NO4. The van der Waals surface area contributed by atoms with E-state index >= 15 is 0 Å². The molecule has 5 nitrogen and oxygen atoms in total. The summed E-state index contributed by atoms with van der Waals surface area (Å²) in [4.78, 5) is 25.0. The third-order valence-electron chi connectivity index (χ3n) is 6.42. The summed E-state index contributed by atoms with van der Waals surface area (Å²) in [5.41, 5.74) is 4.37. The van der Waals surface area contributed by atoms with Crippen molar-refractivity contribution in [2.45, 2.75) is 72.1 Å². The van der Waals surface area contributed by atoms with Crippen LogP contribution in [0, 0.1) is 12.3 Å². The zero-order valence-corrected chi connectivity index (χ0v) is 23.1. The molecule has 2 aromatic carbocycles. The fourth-order valence-electron chi connectivity index (χ4n) is 4.38. The van der Waals surface area contributed by atoms with Crippen molar-refractivity contribution in [2.24, 2.45) is 5.41 Å². The minimum Gasteiger partial charge on any atom is -0.496 e. The number of benzene rings is 2. The fourth-order valence-corrected chi connectivity index (χ4v) is 4.38. The number of ether oxygens (including phenoxy) is 2.